The van der Waals surface area contributed by atoms with Gasteiger partial charge < -0.3 is 10.4 Å². The number of allylic oxidation sites excluding steroid dienone is 3. The van der Waals surface area contributed by atoms with Gasteiger partial charge in [0.05, 0.1) is 0 Å². The lowest BCUT2D eigenvalue weighted by atomic mass is 9.81. The number of nitrogens with one attached hydrogen (secondary N) is 1. The van der Waals surface area contributed by atoms with Gasteiger partial charge in [0.2, 0.25) is 0 Å². The molecule has 1 rings (SSSR count). The highest BCUT2D eigenvalue weighted by molar-refractivity contribution is 5.39. The summed E-state index contributed by atoms with van der Waals surface area (Å²) >= 11 is 0. The maximum Gasteiger partial charge on any atom is 0.0440 e. The summed E-state index contributed by atoms with van der Waals surface area (Å²) in [7, 11) is 0. The molecule has 1 heterocycles. The van der Waals surface area contributed by atoms with Crippen LogP contribution in [0.4, 0.5) is 0 Å². The zero-order chi connectivity index (χ0) is 9.90. The molecule has 0 aromatic carbocycles. The van der Waals surface area contributed by atoms with E-state index in [4.69, 9.17) is 5.11 Å². The Bertz CT molecular complexity index is 242. The Kier molecular flexibility index (Phi) is 3.15. The average molecular weight is 181 g/mol. The zero-order valence-electron chi connectivity index (χ0n) is 8.72. The highest BCUT2D eigenvalue weighted by atomic mass is 16.3. The van der Waals surface area contributed by atoms with Gasteiger partial charge in [-0.3, -0.25) is 0 Å². The standard InChI is InChI=1S/C11H19NO/c1-4-9-10(5-2)12-8-11(9,3)6-7-13/h4-5,12-13H,6-8H2,1-3H3/b9-4+,10-5+. The second kappa shape index (κ2) is 3.97. The van der Waals surface area contributed by atoms with E-state index in [1.165, 1.54) is 11.3 Å². The van der Waals surface area contributed by atoms with Gasteiger partial charge in [0.25, 0.3) is 0 Å². The van der Waals surface area contributed by atoms with Crippen molar-refractivity contribution in [3.05, 3.63) is 23.4 Å². The molecule has 1 aliphatic heterocycles. The van der Waals surface area contributed by atoms with Gasteiger partial charge in [-0.05, 0) is 25.8 Å². The summed E-state index contributed by atoms with van der Waals surface area (Å²) in [5.74, 6) is 0. The molecule has 0 bridgehead atoms. The van der Waals surface area contributed by atoms with Gasteiger partial charge in [0.15, 0.2) is 0 Å². The molecule has 13 heavy (non-hydrogen) atoms. The van der Waals surface area contributed by atoms with Crippen molar-refractivity contribution in [2.45, 2.75) is 27.2 Å². The molecule has 0 aliphatic carbocycles. The van der Waals surface area contributed by atoms with E-state index in [0.717, 1.165) is 13.0 Å². The first-order chi connectivity index (χ1) is 6.18. The van der Waals surface area contributed by atoms with Crippen LogP contribution in [0.1, 0.15) is 27.2 Å². The van der Waals surface area contributed by atoms with Crippen molar-refractivity contribution in [2.24, 2.45) is 5.41 Å². The maximum absolute atomic E-state index is 8.99. The van der Waals surface area contributed by atoms with Crippen molar-refractivity contribution in [3.63, 3.8) is 0 Å². The fourth-order valence-electron chi connectivity index (χ4n) is 2.04. The topological polar surface area (TPSA) is 32.3 Å². The third-order valence-electron chi connectivity index (χ3n) is 2.85. The summed E-state index contributed by atoms with van der Waals surface area (Å²) in [4.78, 5) is 0. The number of rotatable bonds is 2. The molecule has 1 aliphatic rings. The summed E-state index contributed by atoms with van der Waals surface area (Å²) in [5.41, 5.74) is 2.67. The van der Waals surface area contributed by atoms with Gasteiger partial charge in [-0.15, -0.1) is 0 Å². The molecule has 0 spiro atoms. The lowest BCUT2D eigenvalue weighted by Gasteiger charge is -2.23. The molecule has 74 valence electrons. The SMILES string of the molecule is C/C=C1\C(=C/C)NCC1(C)CCO. The van der Waals surface area contributed by atoms with E-state index < -0.39 is 0 Å². The Morgan fingerprint density at radius 2 is 2.15 bits per heavy atom. The van der Waals surface area contributed by atoms with Crippen LogP contribution in [0, 0.1) is 5.41 Å². The van der Waals surface area contributed by atoms with Crippen LogP contribution in [0.3, 0.4) is 0 Å². The monoisotopic (exact) mass is 181 g/mol. The van der Waals surface area contributed by atoms with Crippen molar-refractivity contribution < 1.29 is 5.11 Å². The molecule has 2 heteroatoms. The summed E-state index contributed by atoms with van der Waals surface area (Å²) in [6, 6.07) is 0. The first-order valence-electron chi connectivity index (χ1n) is 4.86. The normalized spacial score (nSPS) is 34.2. The summed E-state index contributed by atoms with van der Waals surface area (Å²) in [6.45, 7) is 7.49. The van der Waals surface area contributed by atoms with E-state index in [2.05, 4.69) is 31.3 Å². The van der Waals surface area contributed by atoms with Crippen LogP contribution in [-0.4, -0.2) is 18.3 Å². The quantitative estimate of drug-likeness (QED) is 0.681. The van der Waals surface area contributed by atoms with Crippen LogP contribution in [-0.2, 0) is 0 Å². The molecule has 1 saturated heterocycles. The van der Waals surface area contributed by atoms with Gasteiger partial charge in [-0.1, -0.05) is 19.1 Å². The highest BCUT2D eigenvalue weighted by Crippen LogP contribution is 2.38. The van der Waals surface area contributed by atoms with Crippen molar-refractivity contribution >= 4 is 0 Å². The van der Waals surface area contributed by atoms with Crippen molar-refractivity contribution in [1.29, 1.82) is 0 Å². The Morgan fingerprint density at radius 3 is 2.62 bits per heavy atom. The number of hydrogen-bond acceptors (Lipinski definition) is 2. The van der Waals surface area contributed by atoms with Gasteiger partial charge in [-0.25, -0.2) is 0 Å². The Labute approximate surface area is 80.3 Å². The van der Waals surface area contributed by atoms with Gasteiger partial charge >= 0.3 is 0 Å². The van der Waals surface area contributed by atoms with Crippen LogP contribution < -0.4 is 5.32 Å². The van der Waals surface area contributed by atoms with Crippen LogP contribution in [0.25, 0.3) is 0 Å². The van der Waals surface area contributed by atoms with E-state index in [9.17, 15) is 0 Å². The molecular formula is C11H19NO. The van der Waals surface area contributed by atoms with Crippen molar-refractivity contribution in [2.75, 3.05) is 13.2 Å². The second-order valence-corrected chi connectivity index (χ2v) is 3.79. The smallest absolute Gasteiger partial charge is 0.0440 e. The van der Waals surface area contributed by atoms with Gasteiger partial charge in [-0.2, -0.15) is 0 Å². The summed E-state index contributed by atoms with van der Waals surface area (Å²) in [5, 5.41) is 12.4. The van der Waals surface area contributed by atoms with Gasteiger partial charge in [0, 0.05) is 24.3 Å². The Morgan fingerprint density at radius 1 is 1.46 bits per heavy atom. The Balaban J connectivity index is 2.91. The van der Waals surface area contributed by atoms with E-state index >= 15 is 0 Å². The van der Waals surface area contributed by atoms with Crippen molar-refractivity contribution in [1.82, 2.24) is 5.32 Å². The van der Waals surface area contributed by atoms with Crippen LogP contribution in [0.15, 0.2) is 23.4 Å². The van der Waals surface area contributed by atoms with E-state index in [1.54, 1.807) is 0 Å². The average Bonchev–Trinajstić information content (AvgIpc) is 2.42. The minimum Gasteiger partial charge on any atom is -0.396 e. The van der Waals surface area contributed by atoms with Crippen LogP contribution in [0.5, 0.6) is 0 Å². The first kappa shape index (κ1) is 10.3. The first-order valence-corrected chi connectivity index (χ1v) is 4.86. The van der Waals surface area contributed by atoms with Crippen molar-refractivity contribution in [3.8, 4) is 0 Å². The lowest BCUT2D eigenvalue weighted by Crippen LogP contribution is -2.22. The number of hydrogen-bond donors (Lipinski definition) is 2. The van der Waals surface area contributed by atoms with Gasteiger partial charge in [0.1, 0.15) is 0 Å². The van der Waals surface area contributed by atoms with E-state index in [1.807, 2.05) is 6.92 Å². The molecule has 0 amide bonds. The number of aliphatic hydroxyl groups excluding tert-OH is 1. The minimum absolute atomic E-state index is 0.116. The molecule has 0 saturated carbocycles. The molecule has 0 radical (unpaired) electrons. The largest absolute Gasteiger partial charge is 0.396 e. The zero-order valence-corrected chi connectivity index (χ0v) is 8.72. The second-order valence-electron chi connectivity index (χ2n) is 3.79. The fourth-order valence-corrected chi connectivity index (χ4v) is 2.04. The van der Waals surface area contributed by atoms with E-state index in [0.29, 0.717) is 0 Å². The van der Waals surface area contributed by atoms with Crippen LogP contribution in [0.2, 0.25) is 0 Å². The summed E-state index contributed by atoms with van der Waals surface area (Å²) in [6.07, 6.45) is 5.07. The summed E-state index contributed by atoms with van der Waals surface area (Å²) < 4.78 is 0. The molecule has 1 unspecified atom stereocenters. The number of aliphatic hydroxyl groups is 1. The highest BCUT2D eigenvalue weighted by Gasteiger charge is 2.35. The van der Waals surface area contributed by atoms with E-state index in [-0.39, 0.29) is 12.0 Å². The molecule has 2 N–H and O–H groups in total. The maximum atomic E-state index is 8.99. The molecule has 1 atom stereocenters. The third kappa shape index (κ3) is 1.78. The molecule has 0 aromatic rings. The Hall–Kier alpha value is -0.760. The third-order valence-corrected chi connectivity index (χ3v) is 2.85. The minimum atomic E-state index is 0.116. The fraction of sp³-hybridized carbons (Fsp3) is 0.636. The molecule has 1 fully saturated rings. The van der Waals surface area contributed by atoms with Crippen LogP contribution >= 0.6 is 0 Å². The molecule has 0 aromatic heterocycles. The predicted octanol–water partition coefficient (Wildman–Crippen LogP) is 1.83. The lowest BCUT2D eigenvalue weighted by molar-refractivity contribution is 0.233. The predicted molar refractivity (Wildman–Crippen MR) is 55.3 cm³/mol. The molecule has 2 nitrogen and oxygen atoms in total. The molecular weight excluding hydrogens is 162 g/mol.